The molecule has 0 aliphatic carbocycles. The highest BCUT2D eigenvalue weighted by molar-refractivity contribution is 6.12. The Balaban J connectivity index is 1.98. The second kappa shape index (κ2) is 14.5. The number of esters is 2. The SMILES string of the molecule is C=C(C)C(=O)OC(C)OCCCCOC(C)OC(=O)CCCCCN1C(=O)C=CC1=O. The van der Waals surface area contributed by atoms with E-state index in [0.717, 1.165) is 0 Å². The average molecular weight is 440 g/mol. The number of hydrogen-bond acceptors (Lipinski definition) is 8. The molecule has 0 fully saturated rings. The smallest absolute Gasteiger partial charge is 0.335 e. The highest BCUT2D eigenvalue weighted by Gasteiger charge is 2.22. The number of imide groups is 1. The van der Waals surface area contributed by atoms with E-state index in [9.17, 15) is 19.2 Å². The number of amides is 2. The van der Waals surface area contributed by atoms with Crippen LogP contribution in [0.5, 0.6) is 0 Å². The predicted molar refractivity (Wildman–Crippen MR) is 111 cm³/mol. The van der Waals surface area contributed by atoms with E-state index in [1.54, 1.807) is 20.8 Å². The molecule has 1 aliphatic heterocycles. The van der Waals surface area contributed by atoms with Gasteiger partial charge in [0.1, 0.15) is 0 Å². The van der Waals surface area contributed by atoms with E-state index >= 15 is 0 Å². The first-order valence-corrected chi connectivity index (χ1v) is 10.5. The van der Waals surface area contributed by atoms with E-state index in [0.29, 0.717) is 57.4 Å². The Morgan fingerprint density at radius 3 is 2.00 bits per heavy atom. The average Bonchev–Trinajstić information content (AvgIpc) is 3.02. The molecule has 31 heavy (non-hydrogen) atoms. The van der Waals surface area contributed by atoms with Gasteiger partial charge in [0.25, 0.3) is 11.8 Å². The van der Waals surface area contributed by atoms with E-state index in [4.69, 9.17) is 18.9 Å². The highest BCUT2D eigenvalue weighted by Crippen LogP contribution is 2.09. The zero-order chi connectivity index (χ0) is 23.2. The van der Waals surface area contributed by atoms with Crippen LogP contribution in [0.15, 0.2) is 24.3 Å². The standard InChI is InChI=1S/C22H33NO8/c1-16(2)22(27)31-18(4)29-15-9-8-14-28-17(3)30-21(26)10-6-5-7-13-23-19(24)11-12-20(23)25/h11-12,17-18H,1,5-10,13-15H2,2-4H3. The summed E-state index contributed by atoms with van der Waals surface area (Å²) in [7, 11) is 0. The molecule has 2 unspecified atom stereocenters. The van der Waals surface area contributed by atoms with Crippen LogP contribution < -0.4 is 0 Å². The second-order valence-corrected chi connectivity index (χ2v) is 7.23. The second-order valence-electron chi connectivity index (χ2n) is 7.23. The van der Waals surface area contributed by atoms with Crippen molar-refractivity contribution in [3.63, 3.8) is 0 Å². The third kappa shape index (κ3) is 11.4. The van der Waals surface area contributed by atoms with Gasteiger partial charge in [-0.1, -0.05) is 13.0 Å². The summed E-state index contributed by atoms with van der Waals surface area (Å²) in [5.74, 6) is -1.41. The molecule has 0 spiro atoms. The molecular weight excluding hydrogens is 406 g/mol. The molecule has 0 saturated heterocycles. The van der Waals surface area contributed by atoms with Crippen LogP contribution in [-0.4, -0.2) is 61.0 Å². The van der Waals surface area contributed by atoms with Crippen LogP contribution in [0.3, 0.4) is 0 Å². The van der Waals surface area contributed by atoms with Gasteiger partial charge < -0.3 is 18.9 Å². The van der Waals surface area contributed by atoms with Gasteiger partial charge in [0.15, 0.2) is 12.6 Å². The third-order valence-electron chi connectivity index (χ3n) is 4.33. The van der Waals surface area contributed by atoms with Gasteiger partial charge >= 0.3 is 11.9 Å². The molecule has 1 heterocycles. The molecule has 0 bridgehead atoms. The summed E-state index contributed by atoms with van der Waals surface area (Å²) >= 11 is 0. The lowest BCUT2D eigenvalue weighted by atomic mass is 10.2. The van der Waals surface area contributed by atoms with Crippen LogP contribution in [0.25, 0.3) is 0 Å². The molecule has 0 aromatic carbocycles. The Morgan fingerprint density at radius 2 is 1.45 bits per heavy atom. The van der Waals surface area contributed by atoms with Crippen molar-refractivity contribution in [3.05, 3.63) is 24.3 Å². The summed E-state index contributed by atoms with van der Waals surface area (Å²) in [6.07, 6.45) is 4.86. The first-order chi connectivity index (χ1) is 14.7. The van der Waals surface area contributed by atoms with Crippen LogP contribution in [0.4, 0.5) is 0 Å². The number of ether oxygens (including phenoxy) is 4. The molecule has 9 heteroatoms. The summed E-state index contributed by atoms with van der Waals surface area (Å²) in [5, 5.41) is 0. The zero-order valence-electron chi connectivity index (χ0n) is 18.6. The predicted octanol–water partition coefficient (Wildman–Crippen LogP) is 2.64. The maximum Gasteiger partial charge on any atom is 0.335 e. The van der Waals surface area contributed by atoms with Crippen LogP contribution in [0, 0.1) is 0 Å². The molecule has 1 aliphatic rings. The van der Waals surface area contributed by atoms with Gasteiger partial charge in [-0.15, -0.1) is 0 Å². The Morgan fingerprint density at radius 1 is 0.903 bits per heavy atom. The lowest BCUT2D eigenvalue weighted by molar-refractivity contribution is -0.177. The lowest BCUT2D eigenvalue weighted by Gasteiger charge is -2.16. The molecule has 0 N–H and O–H groups in total. The highest BCUT2D eigenvalue weighted by atomic mass is 16.7. The molecule has 0 aromatic rings. The molecular formula is C22H33NO8. The van der Waals surface area contributed by atoms with Gasteiger partial charge in [0.2, 0.25) is 0 Å². The molecule has 0 saturated carbocycles. The molecule has 1 rings (SSSR count). The van der Waals surface area contributed by atoms with Crippen molar-refractivity contribution < 1.29 is 38.1 Å². The number of rotatable bonds is 16. The Hall–Kier alpha value is -2.52. The molecule has 2 atom stereocenters. The van der Waals surface area contributed by atoms with Crippen molar-refractivity contribution in [2.45, 2.75) is 71.9 Å². The van der Waals surface area contributed by atoms with E-state index in [1.807, 2.05) is 0 Å². The van der Waals surface area contributed by atoms with Gasteiger partial charge in [0.05, 0.1) is 13.2 Å². The van der Waals surface area contributed by atoms with Crippen molar-refractivity contribution in [2.75, 3.05) is 19.8 Å². The quantitative estimate of drug-likeness (QED) is 0.119. The summed E-state index contributed by atoms with van der Waals surface area (Å²) in [6, 6.07) is 0. The number of carbonyl (C=O) groups is 4. The third-order valence-corrected chi connectivity index (χ3v) is 4.33. The van der Waals surface area contributed by atoms with Crippen molar-refractivity contribution in [1.82, 2.24) is 4.90 Å². The topological polar surface area (TPSA) is 108 Å². The van der Waals surface area contributed by atoms with E-state index in [-0.39, 0.29) is 24.2 Å². The minimum atomic E-state index is -0.644. The first kappa shape index (κ1) is 26.5. The van der Waals surface area contributed by atoms with Gasteiger partial charge in [-0.25, -0.2) is 4.79 Å². The fourth-order valence-corrected chi connectivity index (χ4v) is 2.63. The van der Waals surface area contributed by atoms with Crippen molar-refractivity contribution in [3.8, 4) is 0 Å². The van der Waals surface area contributed by atoms with Crippen molar-refractivity contribution in [1.29, 1.82) is 0 Å². The zero-order valence-corrected chi connectivity index (χ0v) is 18.6. The minimum Gasteiger partial charge on any atom is -0.436 e. The molecule has 0 aromatic heterocycles. The van der Waals surface area contributed by atoms with Gasteiger partial charge in [-0.3, -0.25) is 19.3 Å². The minimum absolute atomic E-state index is 0.252. The fraction of sp³-hybridized carbons (Fsp3) is 0.636. The Kier molecular flexibility index (Phi) is 12.4. The first-order valence-electron chi connectivity index (χ1n) is 10.5. The number of unbranched alkanes of at least 4 members (excludes halogenated alkanes) is 3. The summed E-state index contributed by atoms with van der Waals surface area (Å²) in [5.41, 5.74) is 0.319. The fourth-order valence-electron chi connectivity index (χ4n) is 2.63. The van der Waals surface area contributed by atoms with Crippen molar-refractivity contribution >= 4 is 23.8 Å². The normalized spacial score (nSPS) is 15.1. The van der Waals surface area contributed by atoms with Crippen LogP contribution >= 0.6 is 0 Å². The molecule has 9 nitrogen and oxygen atoms in total. The Labute approximate surface area is 183 Å². The van der Waals surface area contributed by atoms with E-state index in [2.05, 4.69) is 6.58 Å². The molecule has 174 valence electrons. The van der Waals surface area contributed by atoms with Gasteiger partial charge in [0, 0.05) is 30.7 Å². The lowest BCUT2D eigenvalue weighted by Crippen LogP contribution is -2.30. The monoisotopic (exact) mass is 439 g/mol. The van der Waals surface area contributed by atoms with Gasteiger partial charge in [-0.05, 0) is 46.5 Å². The number of hydrogen-bond donors (Lipinski definition) is 0. The van der Waals surface area contributed by atoms with E-state index in [1.165, 1.54) is 17.1 Å². The maximum absolute atomic E-state index is 11.8. The van der Waals surface area contributed by atoms with Crippen LogP contribution in [0.1, 0.15) is 59.3 Å². The van der Waals surface area contributed by atoms with Gasteiger partial charge in [-0.2, -0.15) is 0 Å². The molecule has 2 amide bonds. The maximum atomic E-state index is 11.8. The van der Waals surface area contributed by atoms with Crippen LogP contribution in [-0.2, 0) is 38.1 Å². The van der Waals surface area contributed by atoms with Crippen molar-refractivity contribution in [2.24, 2.45) is 0 Å². The number of carbonyl (C=O) groups excluding carboxylic acids is 4. The number of nitrogens with zero attached hydrogens (tertiary/aromatic N) is 1. The summed E-state index contributed by atoms with van der Waals surface area (Å²) < 4.78 is 21.0. The van der Waals surface area contributed by atoms with E-state index < -0.39 is 18.5 Å². The largest absolute Gasteiger partial charge is 0.436 e. The summed E-state index contributed by atoms with van der Waals surface area (Å²) in [4.78, 5) is 47.2. The Bertz CT molecular complexity index is 654. The molecule has 0 radical (unpaired) electrons. The summed E-state index contributed by atoms with van der Waals surface area (Å²) in [6.45, 7) is 9.54. The van der Waals surface area contributed by atoms with Crippen LogP contribution in [0.2, 0.25) is 0 Å².